The van der Waals surface area contributed by atoms with Gasteiger partial charge < -0.3 is 24.8 Å². The number of para-hydroxylation sites is 1. The van der Waals surface area contributed by atoms with Crippen molar-refractivity contribution in [3.63, 3.8) is 0 Å². The minimum atomic E-state index is 0.267. The highest BCUT2D eigenvalue weighted by Gasteiger charge is 2.20. The van der Waals surface area contributed by atoms with Gasteiger partial charge in [-0.05, 0) is 50.3 Å². The Morgan fingerprint density at radius 2 is 1.97 bits per heavy atom. The van der Waals surface area contributed by atoms with E-state index in [0.29, 0.717) is 19.0 Å². The second kappa shape index (κ2) is 11.3. The van der Waals surface area contributed by atoms with Crippen LogP contribution in [0.1, 0.15) is 43.7 Å². The lowest BCUT2D eigenvalue weighted by atomic mass is 10.1. The van der Waals surface area contributed by atoms with Crippen molar-refractivity contribution in [1.29, 1.82) is 0 Å². The van der Waals surface area contributed by atoms with Crippen LogP contribution < -0.4 is 24.8 Å². The van der Waals surface area contributed by atoms with Crippen molar-refractivity contribution in [2.24, 2.45) is 4.99 Å². The van der Waals surface area contributed by atoms with Crippen LogP contribution in [0.2, 0.25) is 0 Å². The smallest absolute Gasteiger partial charge is 0.213 e. The Labute approximate surface area is 178 Å². The van der Waals surface area contributed by atoms with E-state index in [9.17, 15) is 0 Å². The minimum absolute atomic E-state index is 0.267. The highest BCUT2D eigenvalue weighted by Crippen LogP contribution is 2.34. The number of hydrogen-bond donors (Lipinski definition) is 2. The number of nitrogens with zero attached hydrogens (tertiary/aromatic N) is 2. The summed E-state index contributed by atoms with van der Waals surface area (Å²) in [6.45, 7) is 3.93. The summed E-state index contributed by atoms with van der Waals surface area (Å²) in [4.78, 5) is 8.83. The summed E-state index contributed by atoms with van der Waals surface area (Å²) >= 11 is 0. The molecule has 0 radical (unpaired) electrons. The van der Waals surface area contributed by atoms with Crippen molar-refractivity contribution in [3.8, 4) is 17.4 Å². The van der Waals surface area contributed by atoms with Gasteiger partial charge in [-0.15, -0.1) is 0 Å². The minimum Gasteiger partial charge on any atom is -0.493 e. The van der Waals surface area contributed by atoms with Crippen LogP contribution >= 0.6 is 0 Å². The number of guanidine groups is 1. The summed E-state index contributed by atoms with van der Waals surface area (Å²) in [5, 5.41) is 6.70. The summed E-state index contributed by atoms with van der Waals surface area (Å²) in [5.74, 6) is 2.93. The molecule has 2 N–H and O–H groups in total. The van der Waals surface area contributed by atoms with E-state index < -0.39 is 0 Å². The molecule has 1 heterocycles. The van der Waals surface area contributed by atoms with Gasteiger partial charge in [-0.3, -0.25) is 0 Å². The average Bonchev–Trinajstić information content (AvgIpc) is 3.29. The van der Waals surface area contributed by atoms with Gasteiger partial charge in [0.25, 0.3) is 0 Å². The Hall–Kier alpha value is -2.96. The zero-order valence-electron chi connectivity index (χ0n) is 18.1. The number of benzene rings is 1. The lowest BCUT2D eigenvalue weighted by molar-refractivity contribution is 0.198. The molecule has 30 heavy (non-hydrogen) atoms. The van der Waals surface area contributed by atoms with E-state index in [1.54, 1.807) is 20.4 Å². The van der Waals surface area contributed by atoms with E-state index in [1.807, 2.05) is 31.2 Å². The second-order valence-corrected chi connectivity index (χ2v) is 7.23. The summed E-state index contributed by atoms with van der Waals surface area (Å²) in [5.41, 5.74) is 2.09. The third kappa shape index (κ3) is 6.02. The molecular weight excluding hydrogens is 380 g/mol. The normalized spacial score (nSPS) is 14.4. The van der Waals surface area contributed by atoms with Gasteiger partial charge in [0.15, 0.2) is 17.5 Å². The Balaban J connectivity index is 1.70. The Morgan fingerprint density at radius 3 is 2.70 bits per heavy atom. The molecule has 0 saturated heterocycles. The van der Waals surface area contributed by atoms with Gasteiger partial charge in [0.1, 0.15) is 0 Å². The lowest BCUT2D eigenvalue weighted by Gasteiger charge is -2.20. The number of nitrogens with one attached hydrogen (secondary N) is 2. The standard InChI is InChI=1S/C23H32N4O3/c1-4-24-23(26-15-17-12-13-25-21(14-17)29-3)27-16-18-8-7-11-20(28-2)22(18)30-19-9-5-6-10-19/h7-8,11-14,19H,4-6,9-10,15-16H2,1-3H3,(H2,24,26,27). The van der Waals surface area contributed by atoms with E-state index in [1.165, 1.54) is 12.8 Å². The topological polar surface area (TPSA) is 77.0 Å². The molecule has 162 valence electrons. The number of methoxy groups -OCH3 is 2. The van der Waals surface area contributed by atoms with E-state index in [2.05, 4.69) is 26.7 Å². The summed E-state index contributed by atoms with van der Waals surface area (Å²) in [6.07, 6.45) is 6.65. The third-order valence-electron chi connectivity index (χ3n) is 5.09. The Kier molecular flexibility index (Phi) is 8.18. The SMILES string of the molecule is CCNC(=NCc1ccnc(OC)c1)NCc1cccc(OC)c1OC1CCCC1. The maximum Gasteiger partial charge on any atom is 0.213 e. The van der Waals surface area contributed by atoms with Crippen LogP contribution in [0.5, 0.6) is 17.4 Å². The molecular formula is C23H32N4O3. The van der Waals surface area contributed by atoms with E-state index in [-0.39, 0.29) is 6.10 Å². The van der Waals surface area contributed by atoms with Gasteiger partial charge in [0.05, 0.1) is 26.9 Å². The highest BCUT2D eigenvalue weighted by molar-refractivity contribution is 5.79. The molecule has 3 rings (SSSR count). The maximum absolute atomic E-state index is 6.33. The van der Waals surface area contributed by atoms with Crippen LogP contribution in [0.4, 0.5) is 0 Å². The molecule has 0 atom stereocenters. The second-order valence-electron chi connectivity index (χ2n) is 7.23. The summed E-state index contributed by atoms with van der Waals surface area (Å²) in [7, 11) is 3.29. The Bertz CT molecular complexity index is 835. The molecule has 0 aliphatic heterocycles. The largest absolute Gasteiger partial charge is 0.493 e. The van der Waals surface area contributed by atoms with Crippen molar-refractivity contribution in [1.82, 2.24) is 15.6 Å². The van der Waals surface area contributed by atoms with Gasteiger partial charge in [-0.2, -0.15) is 0 Å². The molecule has 0 amide bonds. The maximum atomic E-state index is 6.33. The predicted molar refractivity (Wildman–Crippen MR) is 118 cm³/mol. The number of aliphatic imine (C=N–C) groups is 1. The fraction of sp³-hybridized carbons (Fsp3) is 0.478. The van der Waals surface area contributed by atoms with Crippen LogP contribution in [-0.2, 0) is 13.1 Å². The van der Waals surface area contributed by atoms with Crippen LogP contribution in [0.25, 0.3) is 0 Å². The molecule has 2 aromatic rings. The van der Waals surface area contributed by atoms with Gasteiger partial charge in [0.2, 0.25) is 5.88 Å². The molecule has 1 aromatic heterocycles. The van der Waals surface area contributed by atoms with Crippen LogP contribution in [0.15, 0.2) is 41.5 Å². The quantitative estimate of drug-likeness (QED) is 0.483. The molecule has 0 bridgehead atoms. The van der Waals surface area contributed by atoms with Crippen molar-refractivity contribution < 1.29 is 14.2 Å². The molecule has 1 aliphatic rings. The molecule has 1 aliphatic carbocycles. The average molecular weight is 413 g/mol. The van der Waals surface area contributed by atoms with Gasteiger partial charge in [0, 0.05) is 30.9 Å². The van der Waals surface area contributed by atoms with Crippen LogP contribution in [0.3, 0.4) is 0 Å². The van der Waals surface area contributed by atoms with Crippen molar-refractivity contribution >= 4 is 5.96 Å². The lowest BCUT2D eigenvalue weighted by Crippen LogP contribution is -2.37. The summed E-state index contributed by atoms with van der Waals surface area (Å²) in [6, 6.07) is 9.83. The first-order chi connectivity index (χ1) is 14.7. The van der Waals surface area contributed by atoms with E-state index >= 15 is 0 Å². The first-order valence-corrected chi connectivity index (χ1v) is 10.6. The molecule has 1 aromatic carbocycles. The number of hydrogen-bond acceptors (Lipinski definition) is 5. The highest BCUT2D eigenvalue weighted by atomic mass is 16.5. The van der Waals surface area contributed by atoms with Crippen LogP contribution in [-0.4, -0.2) is 37.8 Å². The fourth-order valence-corrected chi connectivity index (χ4v) is 3.52. The molecule has 1 saturated carbocycles. The van der Waals surface area contributed by atoms with Crippen molar-refractivity contribution in [2.75, 3.05) is 20.8 Å². The zero-order chi connectivity index (χ0) is 21.2. The third-order valence-corrected chi connectivity index (χ3v) is 5.09. The molecule has 7 heteroatoms. The van der Waals surface area contributed by atoms with Crippen molar-refractivity contribution in [2.45, 2.75) is 51.8 Å². The molecule has 0 unspecified atom stereocenters. The van der Waals surface area contributed by atoms with Crippen molar-refractivity contribution in [3.05, 3.63) is 47.7 Å². The number of rotatable bonds is 9. The van der Waals surface area contributed by atoms with Crippen LogP contribution in [0, 0.1) is 0 Å². The number of aromatic nitrogens is 1. The fourth-order valence-electron chi connectivity index (χ4n) is 3.52. The predicted octanol–water partition coefficient (Wildman–Crippen LogP) is 3.68. The number of pyridine rings is 1. The van der Waals surface area contributed by atoms with E-state index in [4.69, 9.17) is 14.2 Å². The first kappa shape index (κ1) is 21.7. The van der Waals surface area contributed by atoms with E-state index in [0.717, 1.165) is 48.0 Å². The zero-order valence-corrected chi connectivity index (χ0v) is 18.1. The molecule has 0 spiro atoms. The van der Waals surface area contributed by atoms with Gasteiger partial charge in [-0.1, -0.05) is 12.1 Å². The monoisotopic (exact) mass is 412 g/mol. The first-order valence-electron chi connectivity index (χ1n) is 10.6. The summed E-state index contributed by atoms with van der Waals surface area (Å²) < 4.78 is 17.1. The van der Waals surface area contributed by atoms with Gasteiger partial charge >= 0.3 is 0 Å². The molecule has 1 fully saturated rings. The Morgan fingerprint density at radius 1 is 1.13 bits per heavy atom. The van der Waals surface area contributed by atoms with Gasteiger partial charge in [-0.25, -0.2) is 9.98 Å². The molecule has 7 nitrogen and oxygen atoms in total. The number of ether oxygens (including phenoxy) is 3.